The molecule has 0 aliphatic heterocycles. The van der Waals surface area contributed by atoms with E-state index in [1.54, 1.807) is 43.3 Å². The lowest BCUT2D eigenvalue weighted by Crippen LogP contribution is -2.24. The van der Waals surface area contributed by atoms with Gasteiger partial charge in [0, 0.05) is 6.54 Å². The monoisotopic (exact) mass is 335 g/mol. The molecule has 0 bridgehead atoms. The van der Waals surface area contributed by atoms with Crippen LogP contribution < -0.4 is 5.32 Å². The number of aryl methyl sites for hydroxylation is 1. The van der Waals surface area contributed by atoms with Crippen LogP contribution in [0.15, 0.2) is 48.5 Å². The first kappa shape index (κ1) is 16.3. The Morgan fingerprint density at radius 1 is 1.20 bits per heavy atom. The summed E-state index contributed by atoms with van der Waals surface area (Å²) in [6, 6.07) is 14.7. The second-order valence-electron chi connectivity index (χ2n) is 5.36. The molecule has 6 nitrogen and oxygen atoms in total. The minimum absolute atomic E-state index is 0.0375. The molecule has 2 aromatic carbocycles. The standard InChI is InChI=1S/C18H14FN5O/c1-12-22-17(23-24(12)16-8-6-15(19)7-9-16)18(25)21-11-14-4-2-13(10-20)3-5-14/h2-9H,11H2,1H3,(H,21,25). The topological polar surface area (TPSA) is 83.6 Å². The predicted molar refractivity (Wildman–Crippen MR) is 88.4 cm³/mol. The molecule has 7 heteroatoms. The van der Waals surface area contributed by atoms with Gasteiger partial charge in [-0.2, -0.15) is 5.26 Å². The highest BCUT2D eigenvalue weighted by atomic mass is 19.1. The van der Waals surface area contributed by atoms with Crippen molar-refractivity contribution in [3.8, 4) is 11.8 Å². The summed E-state index contributed by atoms with van der Waals surface area (Å²) in [5, 5.41) is 15.7. The molecular formula is C18H14FN5O. The quantitative estimate of drug-likeness (QED) is 0.794. The van der Waals surface area contributed by atoms with Crippen molar-refractivity contribution in [1.82, 2.24) is 20.1 Å². The van der Waals surface area contributed by atoms with Crippen LogP contribution in [0.5, 0.6) is 0 Å². The lowest BCUT2D eigenvalue weighted by atomic mass is 10.1. The van der Waals surface area contributed by atoms with E-state index in [2.05, 4.69) is 15.4 Å². The summed E-state index contributed by atoms with van der Waals surface area (Å²) in [5.74, 6) is -0.194. The normalized spacial score (nSPS) is 10.3. The van der Waals surface area contributed by atoms with E-state index in [0.717, 1.165) is 5.56 Å². The number of nitrogens with one attached hydrogen (secondary N) is 1. The van der Waals surface area contributed by atoms with Crippen molar-refractivity contribution in [2.45, 2.75) is 13.5 Å². The van der Waals surface area contributed by atoms with Gasteiger partial charge in [0.25, 0.3) is 5.91 Å². The first-order valence-corrected chi connectivity index (χ1v) is 7.53. The third-order valence-corrected chi connectivity index (χ3v) is 3.58. The van der Waals surface area contributed by atoms with E-state index in [9.17, 15) is 9.18 Å². The minimum Gasteiger partial charge on any atom is -0.345 e. The molecule has 0 atom stereocenters. The SMILES string of the molecule is Cc1nc(C(=O)NCc2ccc(C#N)cc2)nn1-c1ccc(F)cc1. The van der Waals surface area contributed by atoms with Gasteiger partial charge in [-0.05, 0) is 48.9 Å². The van der Waals surface area contributed by atoms with Gasteiger partial charge in [-0.1, -0.05) is 12.1 Å². The highest BCUT2D eigenvalue weighted by molar-refractivity contribution is 5.90. The van der Waals surface area contributed by atoms with Gasteiger partial charge < -0.3 is 5.32 Å². The average Bonchev–Trinajstić information content (AvgIpc) is 3.02. The van der Waals surface area contributed by atoms with E-state index in [4.69, 9.17) is 5.26 Å². The van der Waals surface area contributed by atoms with Gasteiger partial charge in [-0.25, -0.2) is 14.1 Å². The fourth-order valence-corrected chi connectivity index (χ4v) is 2.27. The number of hydrogen-bond acceptors (Lipinski definition) is 4. The first-order valence-electron chi connectivity index (χ1n) is 7.53. The van der Waals surface area contributed by atoms with Crippen molar-refractivity contribution < 1.29 is 9.18 Å². The number of halogens is 1. The lowest BCUT2D eigenvalue weighted by Gasteiger charge is -2.03. The molecule has 0 fully saturated rings. The molecule has 0 saturated carbocycles. The first-order chi connectivity index (χ1) is 12.1. The molecule has 124 valence electrons. The number of aromatic nitrogens is 3. The maximum atomic E-state index is 13.0. The summed E-state index contributed by atoms with van der Waals surface area (Å²) in [6.45, 7) is 2.02. The van der Waals surface area contributed by atoms with Crippen LogP contribution in [0.1, 0.15) is 27.6 Å². The highest BCUT2D eigenvalue weighted by Gasteiger charge is 2.15. The summed E-state index contributed by atoms with van der Waals surface area (Å²) < 4.78 is 14.5. The lowest BCUT2D eigenvalue weighted by molar-refractivity contribution is 0.0940. The van der Waals surface area contributed by atoms with Crippen LogP contribution >= 0.6 is 0 Å². The van der Waals surface area contributed by atoms with Crippen LogP contribution in [0.25, 0.3) is 5.69 Å². The Kier molecular flexibility index (Phi) is 4.53. The Morgan fingerprint density at radius 2 is 1.88 bits per heavy atom. The molecular weight excluding hydrogens is 321 g/mol. The fraction of sp³-hybridized carbons (Fsp3) is 0.111. The number of carbonyl (C=O) groups is 1. The second kappa shape index (κ2) is 6.93. The molecule has 0 unspecified atom stereocenters. The zero-order valence-corrected chi connectivity index (χ0v) is 13.4. The number of rotatable bonds is 4. The minimum atomic E-state index is -0.409. The molecule has 1 heterocycles. The van der Waals surface area contributed by atoms with Gasteiger partial charge in [-0.3, -0.25) is 4.79 Å². The Bertz CT molecular complexity index is 939. The summed E-state index contributed by atoms with van der Waals surface area (Å²) in [7, 11) is 0. The van der Waals surface area contributed by atoms with Gasteiger partial charge in [-0.15, -0.1) is 5.10 Å². The molecule has 3 rings (SSSR count). The molecule has 1 N–H and O–H groups in total. The third kappa shape index (κ3) is 3.70. The molecule has 0 aliphatic carbocycles. The summed E-state index contributed by atoms with van der Waals surface area (Å²) in [4.78, 5) is 16.4. The molecule has 0 radical (unpaired) electrons. The molecule has 25 heavy (non-hydrogen) atoms. The molecule has 1 amide bonds. The van der Waals surface area contributed by atoms with Crippen LogP contribution in [0.2, 0.25) is 0 Å². The van der Waals surface area contributed by atoms with Crippen LogP contribution in [0.4, 0.5) is 4.39 Å². The third-order valence-electron chi connectivity index (χ3n) is 3.58. The molecule has 3 aromatic rings. The van der Waals surface area contributed by atoms with Gasteiger partial charge in [0.15, 0.2) is 0 Å². The van der Waals surface area contributed by atoms with E-state index in [-0.39, 0.29) is 11.6 Å². The fourth-order valence-electron chi connectivity index (χ4n) is 2.27. The van der Waals surface area contributed by atoms with Crippen molar-refractivity contribution >= 4 is 5.91 Å². The van der Waals surface area contributed by atoms with E-state index in [0.29, 0.717) is 23.6 Å². The van der Waals surface area contributed by atoms with Gasteiger partial charge >= 0.3 is 0 Å². The van der Waals surface area contributed by atoms with Crippen molar-refractivity contribution in [3.05, 3.63) is 77.1 Å². The summed E-state index contributed by atoms with van der Waals surface area (Å²) >= 11 is 0. The second-order valence-corrected chi connectivity index (χ2v) is 5.36. The summed E-state index contributed by atoms with van der Waals surface area (Å²) in [5.41, 5.74) is 2.05. The van der Waals surface area contributed by atoms with Crippen molar-refractivity contribution in [3.63, 3.8) is 0 Å². The number of carbonyl (C=O) groups excluding carboxylic acids is 1. The van der Waals surface area contributed by atoms with Crippen molar-refractivity contribution in [2.75, 3.05) is 0 Å². The maximum Gasteiger partial charge on any atom is 0.291 e. The van der Waals surface area contributed by atoms with E-state index < -0.39 is 5.91 Å². The molecule has 0 spiro atoms. The van der Waals surface area contributed by atoms with E-state index >= 15 is 0 Å². The number of amides is 1. The molecule has 1 aromatic heterocycles. The van der Waals surface area contributed by atoms with Crippen LogP contribution in [-0.4, -0.2) is 20.7 Å². The largest absolute Gasteiger partial charge is 0.345 e. The van der Waals surface area contributed by atoms with Crippen LogP contribution in [0, 0.1) is 24.1 Å². The van der Waals surface area contributed by atoms with E-state index in [1.165, 1.54) is 16.8 Å². The zero-order chi connectivity index (χ0) is 17.8. The highest BCUT2D eigenvalue weighted by Crippen LogP contribution is 2.11. The average molecular weight is 335 g/mol. The zero-order valence-electron chi connectivity index (χ0n) is 13.4. The summed E-state index contributed by atoms with van der Waals surface area (Å²) in [6.07, 6.45) is 0. The Hall–Kier alpha value is -3.53. The van der Waals surface area contributed by atoms with Crippen LogP contribution in [-0.2, 0) is 6.54 Å². The number of benzene rings is 2. The Balaban J connectivity index is 1.71. The van der Waals surface area contributed by atoms with Crippen LogP contribution in [0.3, 0.4) is 0 Å². The molecule has 0 saturated heterocycles. The Morgan fingerprint density at radius 3 is 2.52 bits per heavy atom. The van der Waals surface area contributed by atoms with Gasteiger partial charge in [0.1, 0.15) is 11.6 Å². The smallest absolute Gasteiger partial charge is 0.291 e. The van der Waals surface area contributed by atoms with Gasteiger partial charge in [0.05, 0.1) is 17.3 Å². The predicted octanol–water partition coefficient (Wildman–Crippen LogP) is 2.52. The van der Waals surface area contributed by atoms with Crippen molar-refractivity contribution in [1.29, 1.82) is 5.26 Å². The van der Waals surface area contributed by atoms with E-state index in [1.807, 2.05) is 6.07 Å². The maximum absolute atomic E-state index is 13.0. The van der Waals surface area contributed by atoms with Crippen molar-refractivity contribution in [2.24, 2.45) is 0 Å². The van der Waals surface area contributed by atoms with Gasteiger partial charge in [0.2, 0.25) is 5.82 Å². The molecule has 0 aliphatic rings. The number of nitrogens with zero attached hydrogens (tertiary/aromatic N) is 4. The number of nitriles is 1. The number of hydrogen-bond donors (Lipinski definition) is 1. The Labute approximate surface area is 143 Å².